The largest absolute Gasteiger partial charge is 0.489 e. The normalized spacial score (nSPS) is 10.3. The minimum absolute atomic E-state index is 0.0254. The van der Waals surface area contributed by atoms with Crippen LogP contribution in [-0.4, -0.2) is 15.9 Å². The smallest absolute Gasteiger partial charge is 0.224 e. The highest BCUT2D eigenvalue weighted by Crippen LogP contribution is 2.17. The third kappa shape index (κ3) is 4.71. The van der Waals surface area contributed by atoms with E-state index in [4.69, 9.17) is 4.74 Å². The highest BCUT2D eigenvalue weighted by atomic mass is 16.5. The first kappa shape index (κ1) is 15.8. The topological polar surface area (TPSA) is 67.0 Å². The molecule has 0 fully saturated rings. The van der Waals surface area contributed by atoms with E-state index in [1.165, 1.54) is 0 Å². The Morgan fingerprint density at radius 3 is 2.58 bits per heavy atom. The molecule has 0 atom stereocenters. The molecule has 1 heterocycles. The highest BCUT2D eigenvalue weighted by molar-refractivity contribution is 5.90. The van der Waals surface area contributed by atoms with Crippen LogP contribution in [0.3, 0.4) is 0 Å². The molecule has 0 bridgehead atoms. The maximum absolute atomic E-state index is 11.9. The Kier molecular flexibility index (Phi) is 5.24. The summed E-state index contributed by atoms with van der Waals surface area (Å²) in [4.78, 5) is 18.8. The van der Waals surface area contributed by atoms with E-state index in [2.05, 4.69) is 15.3 Å². The van der Waals surface area contributed by atoms with E-state index in [0.29, 0.717) is 19.4 Å². The summed E-state index contributed by atoms with van der Waals surface area (Å²) in [6, 6.07) is 17.4. The quantitative estimate of drug-likeness (QED) is 0.699. The first-order valence-corrected chi connectivity index (χ1v) is 7.83. The summed E-state index contributed by atoms with van der Waals surface area (Å²) in [6.07, 6.45) is 4.39. The summed E-state index contributed by atoms with van der Waals surface area (Å²) in [7, 11) is 0. The summed E-state index contributed by atoms with van der Waals surface area (Å²) < 4.78 is 5.72. The van der Waals surface area contributed by atoms with Gasteiger partial charge in [0.2, 0.25) is 5.91 Å². The van der Waals surface area contributed by atoms with Crippen LogP contribution >= 0.6 is 0 Å². The van der Waals surface area contributed by atoms with Crippen molar-refractivity contribution < 1.29 is 9.53 Å². The molecule has 0 aliphatic rings. The van der Waals surface area contributed by atoms with Crippen molar-refractivity contribution >= 4 is 11.6 Å². The first-order valence-electron chi connectivity index (χ1n) is 7.83. The van der Waals surface area contributed by atoms with Gasteiger partial charge in [0.15, 0.2) is 0 Å². The number of carbonyl (C=O) groups excluding carboxylic acids is 1. The van der Waals surface area contributed by atoms with E-state index in [-0.39, 0.29) is 5.91 Å². The molecule has 0 aliphatic heterocycles. The Balaban J connectivity index is 1.46. The Hall–Kier alpha value is -3.08. The van der Waals surface area contributed by atoms with E-state index in [0.717, 1.165) is 22.7 Å². The standard InChI is InChI=1S/C19H19N3O2/c23-19(11-8-17-12-20-14-21-17)22-16-6-9-18(10-7-16)24-13-15-4-2-1-3-5-15/h1-7,9-10,12,14H,8,11,13H2,(H,20,21)(H,22,23). The third-order valence-corrected chi connectivity index (χ3v) is 3.56. The van der Waals surface area contributed by atoms with Gasteiger partial charge in [0, 0.05) is 24.0 Å². The molecule has 0 radical (unpaired) electrons. The van der Waals surface area contributed by atoms with E-state index in [1.807, 2.05) is 54.6 Å². The minimum Gasteiger partial charge on any atom is -0.489 e. The SMILES string of the molecule is O=C(CCc1cnc[nH]1)Nc1ccc(OCc2ccccc2)cc1. The van der Waals surface area contributed by atoms with Crippen molar-refractivity contribution in [2.24, 2.45) is 0 Å². The number of benzene rings is 2. The van der Waals surface area contributed by atoms with Crippen molar-refractivity contribution in [2.45, 2.75) is 19.4 Å². The average molecular weight is 321 g/mol. The monoisotopic (exact) mass is 321 g/mol. The van der Waals surface area contributed by atoms with Crippen LogP contribution in [-0.2, 0) is 17.8 Å². The van der Waals surface area contributed by atoms with E-state index >= 15 is 0 Å². The van der Waals surface area contributed by atoms with Crippen molar-refractivity contribution in [3.63, 3.8) is 0 Å². The van der Waals surface area contributed by atoms with Gasteiger partial charge in [0.1, 0.15) is 12.4 Å². The van der Waals surface area contributed by atoms with E-state index < -0.39 is 0 Å². The Morgan fingerprint density at radius 1 is 1.08 bits per heavy atom. The van der Waals surface area contributed by atoms with Gasteiger partial charge in [0.25, 0.3) is 0 Å². The number of amides is 1. The van der Waals surface area contributed by atoms with Crippen LogP contribution in [0.15, 0.2) is 67.1 Å². The van der Waals surface area contributed by atoms with Crippen LogP contribution in [0.4, 0.5) is 5.69 Å². The molecule has 1 amide bonds. The van der Waals surface area contributed by atoms with Gasteiger partial charge in [-0.3, -0.25) is 4.79 Å². The Morgan fingerprint density at radius 2 is 1.88 bits per heavy atom. The maximum Gasteiger partial charge on any atom is 0.224 e. The zero-order valence-corrected chi connectivity index (χ0v) is 13.2. The van der Waals surface area contributed by atoms with Gasteiger partial charge in [-0.15, -0.1) is 0 Å². The van der Waals surface area contributed by atoms with Gasteiger partial charge >= 0.3 is 0 Å². The van der Waals surface area contributed by atoms with Crippen molar-refractivity contribution in [1.29, 1.82) is 0 Å². The second-order valence-electron chi connectivity index (χ2n) is 5.42. The summed E-state index contributed by atoms with van der Waals surface area (Å²) in [5, 5.41) is 2.88. The van der Waals surface area contributed by atoms with Crippen LogP contribution < -0.4 is 10.1 Å². The van der Waals surface area contributed by atoms with Crippen LogP contribution in [0.5, 0.6) is 5.75 Å². The molecule has 3 aromatic rings. The molecule has 0 unspecified atom stereocenters. The van der Waals surface area contributed by atoms with Crippen LogP contribution in [0.2, 0.25) is 0 Å². The number of aryl methyl sites for hydroxylation is 1. The number of imidazole rings is 1. The second-order valence-corrected chi connectivity index (χ2v) is 5.42. The molecule has 0 saturated carbocycles. The van der Waals surface area contributed by atoms with Crippen molar-refractivity contribution in [3.05, 3.63) is 78.4 Å². The van der Waals surface area contributed by atoms with Gasteiger partial charge in [-0.05, 0) is 36.2 Å². The number of rotatable bonds is 7. The van der Waals surface area contributed by atoms with Crippen LogP contribution in [0.25, 0.3) is 0 Å². The summed E-state index contributed by atoms with van der Waals surface area (Å²) in [6.45, 7) is 0.525. The molecule has 3 rings (SSSR count). The molecule has 0 spiro atoms. The molecule has 0 aliphatic carbocycles. The number of H-pyrrole nitrogens is 1. The summed E-state index contributed by atoms with van der Waals surface area (Å²) >= 11 is 0. The molecule has 2 aromatic carbocycles. The van der Waals surface area contributed by atoms with E-state index in [9.17, 15) is 4.79 Å². The predicted molar refractivity (Wildman–Crippen MR) is 92.8 cm³/mol. The lowest BCUT2D eigenvalue weighted by molar-refractivity contribution is -0.116. The third-order valence-electron chi connectivity index (χ3n) is 3.56. The van der Waals surface area contributed by atoms with Crippen molar-refractivity contribution in [3.8, 4) is 5.75 Å². The number of aromatic nitrogens is 2. The fraction of sp³-hybridized carbons (Fsp3) is 0.158. The molecular formula is C19H19N3O2. The number of nitrogens with one attached hydrogen (secondary N) is 2. The molecule has 1 aromatic heterocycles. The minimum atomic E-state index is -0.0254. The fourth-order valence-corrected chi connectivity index (χ4v) is 2.27. The first-order chi connectivity index (χ1) is 11.8. The number of hydrogen-bond donors (Lipinski definition) is 2. The number of anilines is 1. The van der Waals surface area contributed by atoms with Gasteiger partial charge < -0.3 is 15.0 Å². The lowest BCUT2D eigenvalue weighted by Gasteiger charge is -2.08. The Bertz CT molecular complexity index is 753. The molecule has 5 heteroatoms. The number of nitrogens with zero attached hydrogens (tertiary/aromatic N) is 1. The zero-order valence-electron chi connectivity index (χ0n) is 13.2. The zero-order chi connectivity index (χ0) is 16.6. The maximum atomic E-state index is 11.9. The van der Waals surface area contributed by atoms with Gasteiger partial charge in [-0.25, -0.2) is 4.98 Å². The number of aromatic amines is 1. The number of hydrogen-bond acceptors (Lipinski definition) is 3. The summed E-state index contributed by atoms with van der Waals surface area (Å²) in [5.74, 6) is 0.747. The molecule has 2 N–H and O–H groups in total. The van der Waals surface area contributed by atoms with Gasteiger partial charge in [-0.2, -0.15) is 0 Å². The van der Waals surface area contributed by atoms with Crippen LogP contribution in [0.1, 0.15) is 17.7 Å². The number of ether oxygens (including phenoxy) is 1. The van der Waals surface area contributed by atoms with Crippen molar-refractivity contribution in [2.75, 3.05) is 5.32 Å². The van der Waals surface area contributed by atoms with E-state index in [1.54, 1.807) is 12.5 Å². The lowest BCUT2D eigenvalue weighted by Crippen LogP contribution is -2.12. The molecular weight excluding hydrogens is 302 g/mol. The van der Waals surface area contributed by atoms with Crippen molar-refractivity contribution in [1.82, 2.24) is 9.97 Å². The second kappa shape index (κ2) is 7.97. The van der Waals surface area contributed by atoms with Crippen LogP contribution in [0, 0.1) is 0 Å². The highest BCUT2D eigenvalue weighted by Gasteiger charge is 2.04. The fourth-order valence-electron chi connectivity index (χ4n) is 2.27. The lowest BCUT2D eigenvalue weighted by atomic mass is 10.2. The molecule has 0 saturated heterocycles. The summed E-state index contributed by atoms with van der Waals surface area (Å²) in [5.41, 5.74) is 2.83. The number of carbonyl (C=O) groups is 1. The van der Waals surface area contributed by atoms with Gasteiger partial charge in [-0.1, -0.05) is 30.3 Å². The van der Waals surface area contributed by atoms with Gasteiger partial charge in [0.05, 0.1) is 6.33 Å². The molecule has 122 valence electrons. The predicted octanol–water partition coefficient (Wildman–Crippen LogP) is 3.56. The Labute approximate surface area is 140 Å². The average Bonchev–Trinajstić information content (AvgIpc) is 3.14. The molecule has 5 nitrogen and oxygen atoms in total. The molecule has 24 heavy (non-hydrogen) atoms.